The van der Waals surface area contributed by atoms with E-state index in [2.05, 4.69) is 16.7 Å². The van der Waals surface area contributed by atoms with E-state index in [4.69, 9.17) is 17.0 Å². The van der Waals surface area contributed by atoms with Crippen molar-refractivity contribution in [2.45, 2.75) is 30.7 Å². The van der Waals surface area contributed by atoms with E-state index >= 15 is 0 Å². The van der Waals surface area contributed by atoms with Crippen LogP contribution in [0.1, 0.15) is 41.3 Å². The molecule has 4 nitrogen and oxygen atoms in total. The highest BCUT2D eigenvalue weighted by Gasteiger charge is 2.29. The molecule has 3 unspecified atom stereocenters. The Morgan fingerprint density at radius 2 is 1.76 bits per heavy atom. The normalized spacial score (nSPS) is 17.4. The van der Waals surface area contributed by atoms with E-state index in [0.717, 1.165) is 28.5 Å². The second kappa shape index (κ2) is 10.6. The Bertz CT molecular complexity index is 1200. The molecule has 1 aliphatic rings. The van der Waals surface area contributed by atoms with Gasteiger partial charge in [0, 0.05) is 6.04 Å². The number of thiocarbonyl (C=S) groups is 1. The fourth-order valence-electron chi connectivity index (χ4n) is 3.95. The minimum atomic E-state index is -0.876. The monoisotopic (exact) mass is 498 g/mol. The maximum atomic E-state index is 13.9. The molecular formula is C26H24F2N2O2S2. The van der Waals surface area contributed by atoms with Crippen LogP contribution in [0, 0.1) is 11.6 Å². The van der Waals surface area contributed by atoms with Gasteiger partial charge in [0.2, 0.25) is 5.91 Å². The third kappa shape index (κ3) is 5.63. The standard InChI is InChI=1S/C26H24F2N2O2S2/c1-15(18-8-11-21(27)22(28)14-18)29-24(17-6-9-20(32-2)10-7-17)19-5-3-4-16(12-19)13-23-25(31)30-26(33)34-23/h3-12,14-15,23-24,29H,13H2,1-2H3,(H,30,31,33). The van der Waals surface area contributed by atoms with Crippen molar-refractivity contribution in [3.05, 3.63) is 101 Å². The molecule has 1 fully saturated rings. The van der Waals surface area contributed by atoms with Crippen molar-refractivity contribution in [1.29, 1.82) is 0 Å². The molecule has 4 rings (SSSR count). The van der Waals surface area contributed by atoms with Gasteiger partial charge in [-0.2, -0.15) is 0 Å². The quantitative estimate of drug-likeness (QED) is 0.403. The zero-order valence-electron chi connectivity index (χ0n) is 18.7. The summed E-state index contributed by atoms with van der Waals surface area (Å²) < 4.78 is 33.1. The van der Waals surface area contributed by atoms with Crippen molar-refractivity contribution in [2.24, 2.45) is 0 Å². The van der Waals surface area contributed by atoms with Gasteiger partial charge in [0.25, 0.3) is 0 Å². The molecule has 0 aliphatic carbocycles. The number of hydrogen-bond donors (Lipinski definition) is 2. The van der Waals surface area contributed by atoms with Crippen LogP contribution in [0.2, 0.25) is 0 Å². The van der Waals surface area contributed by atoms with Crippen molar-refractivity contribution < 1.29 is 18.3 Å². The number of thioether (sulfide) groups is 1. The first-order valence-electron chi connectivity index (χ1n) is 10.8. The van der Waals surface area contributed by atoms with Gasteiger partial charge >= 0.3 is 0 Å². The van der Waals surface area contributed by atoms with Gasteiger partial charge < -0.3 is 10.1 Å². The minimum absolute atomic E-state index is 0.0720. The van der Waals surface area contributed by atoms with E-state index in [-0.39, 0.29) is 23.2 Å². The summed E-state index contributed by atoms with van der Waals surface area (Å²) in [6.45, 7) is 1.91. The van der Waals surface area contributed by atoms with E-state index in [1.54, 1.807) is 13.2 Å². The molecule has 3 aromatic carbocycles. The first-order valence-corrected chi connectivity index (χ1v) is 12.1. The largest absolute Gasteiger partial charge is 0.497 e. The zero-order chi connectivity index (χ0) is 24.2. The molecule has 176 valence electrons. The van der Waals surface area contributed by atoms with Crippen LogP contribution in [-0.4, -0.2) is 22.6 Å². The number of benzene rings is 3. The highest BCUT2D eigenvalue weighted by atomic mass is 32.2. The summed E-state index contributed by atoms with van der Waals surface area (Å²) in [5.74, 6) is -1.08. The van der Waals surface area contributed by atoms with Crippen LogP contribution in [0.5, 0.6) is 5.75 Å². The molecule has 0 saturated carbocycles. The number of rotatable bonds is 8. The van der Waals surface area contributed by atoms with E-state index in [1.807, 2.05) is 49.4 Å². The lowest BCUT2D eigenvalue weighted by Gasteiger charge is -2.25. The third-order valence-electron chi connectivity index (χ3n) is 5.78. The topological polar surface area (TPSA) is 50.4 Å². The second-order valence-electron chi connectivity index (χ2n) is 8.10. The van der Waals surface area contributed by atoms with Gasteiger partial charge in [0.05, 0.1) is 18.4 Å². The summed E-state index contributed by atoms with van der Waals surface area (Å²) in [7, 11) is 1.61. The van der Waals surface area contributed by atoms with Crippen LogP contribution >= 0.6 is 24.0 Å². The molecule has 34 heavy (non-hydrogen) atoms. The SMILES string of the molecule is COc1ccc(C(NC(C)c2ccc(F)c(F)c2)c2cccc(CC3SC(=S)NC3=O)c2)cc1. The fourth-order valence-corrected chi connectivity index (χ4v) is 5.26. The Morgan fingerprint density at radius 3 is 2.41 bits per heavy atom. The Kier molecular flexibility index (Phi) is 7.60. The number of carbonyl (C=O) groups excluding carboxylic acids is 1. The zero-order valence-corrected chi connectivity index (χ0v) is 20.3. The van der Waals surface area contributed by atoms with Crippen molar-refractivity contribution in [3.8, 4) is 5.75 Å². The first kappa shape index (κ1) is 24.3. The lowest BCUT2D eigenvalue weighted by Crippen LogP contribution is -2.26. The number of nitrogens with one attached hydrogen (secondary N) is 2. The number of amides is 1. The van der Waals surface area contributed by atoms with Crippen LogP contribution in [0.3, 0.4) is 0 Å². The molecule has 0 aromatic heterocycles. The van der Waals surface area contributed by atoms with Crippen molar-refractivity contribution in [2.75, 3.05) is 7.11 Å². The Balaban J connectivity index is 1.64. The summed E-state index contributed by atoms with van der Waals surface area (Å²) >= 11 is 6.48. The van der Waals surface area contributed by atoms with Gasteiger partial charge in [0.1, 0.15) is 10.1 Å². The highest BCUT2D eigenvalue weighted by molar-refractivity contribution is 8.24. The lowest BCUT2D eigenvalue weighted by atomic mass is 9.94. The van der Waals surface area contributed by atoms with Crippen LogP contribution in [-0.2, 0) is 11.2 Å². The molecular weight excluding hydrogens is 474 g/mol. The maximum Gasteiger partial charge on any atom is 0.239 e. The smallest absolute Gasteiger partial charge is 0.239 e. The lowest BCUT2D eigenvalue weighted by molar-refractivity contribution is -0.118. The Hall–Kier alpha value is -2.81. The molecule has 2 N–H and O–H groups in total. The summed E-state index contributed by atoms with van der Waals surface area (Å²) in [6.07, 6.45) is 0.554. The summed E-state index contributed by atoms with van der Waals surface area (Å²) in [5.41, 5.74) is 3.63. The molecule has 8 heteroatoms. The number of ether oxygens (including phenoxy) is 1. The predicted octanol–water partition coefficient (Wildman–Crippen LogP) is 5.47. The van der Waals surface area contributed by atoms with Gasteiger partial charge in [0.15, 0.2) is 11.6 Å². The van der Waals surface area contributed by atoms with Crippen LogP contribution in [0.25, 0.3) is 0 Å². The first-order chi connectivity index (χ1) is 16.3. The average molecular weight is 499 g/mol. The summed E-state index contributed by atoms with van der Waals surface area (Å²) in [4.78, 5) is 12.1. The van der Waals surface area contributed by atoms with E-state index in [0.29, 0.717) is 16.3 Å². The molecule has 1 aliphatic heterocycles. The van der Waals surface area contributed by atoms with Crippen molar-refractivity contribution >= 4 is 34.2 Å². The number of hydrogen-bond acceptors (Lipinski definition) is 5. The Morgan fingerprint density at radius 1 is 1.03 bits per heavy atom. The highest BCUT2D eigenvalue weighted by Crippen LogP contribution is 2.30. The minimum Gasteiger partial charge on any atom is -0.497 e. The molecule has 1 amide bonds. The van der Waals surface area contributed by atoms with Crippen LogP contribution < -0.4 is 15.4 Å². The van der Waals surface area contributed by atoms with Crippen molar-refractivity contribution in [1.82, 2.24) is 10.6 Å². The molecule has 3 atom stereocenters. The maximum absolute atomic E-state index is 13.9. The van der Waals surface area contributed by atoms with Gasteiger partial charge in [-0.05, 0) is 59.9 Å². The number of carbonyl (C=O) groups is 1. The van der Waals surface area contributed by atoms with E-state index in [1.165, 1.54) is 17.8 Å². The summed E-state index contributed by atoms with van der Waals surface area (Å²) in [5, 5.41) is 5.99. The fraction of sp³-hybridized carbons (Fsp3) is 0.231. The predicted molar refractivity (Wildman–Crippen MR) is 135 cm³/mol. The summed E-state index contributed by atoms with van der Waals surface area (Å²) in [6, 6.07) is 19.2. The van der Waals surface area contributed by atoms with Gasteiger partial charge in [-0.15, -0.1) is 0 Å². The van der Waals surface area contributed by atoms with Crippen LogP contribution in [0.15, 0.2) is 66.7 Å². The molecule has 0 radical (unpaired) electrons. The average Bonchev–Trinajstić information content (AvgIpc) is 3.15. The number of methoxy groups -OCH3 is 1. The van der Waals surface area contributed by atoms with E-state index < -0.39 is 11.6 Å². The molecule has 3 aromatic rings. The van der Waals surface area contributed by atoms with Gasteiger partial charge in [-0.25, -0.2) is 8.78 Å². The third-order valence-corrected chi connectivity index (χ3v) is 7.15. The molecule has 0 spiro atoms. The Labute approximate surface area is 207 Å². The molecule has 0 bridgehead atoms. The van der Waals surface area contributed by atoms with Gasteiger partial charge in [-0.3, -0.25) is 10.1 Å². The van der Waals surface area contributed by atoms with E-state index in [9.17, 15) is 13.6 Å². The number of halogens is 2. The molecule has 1 heterocycles. The van der Waals surface area contributed by atoms with Crippen LogP contribution in [0.4, 0.5) is 8.78 Å². The van der Waals surface area contributed by atoms with Crippen molar-refractivity contribution in [3.63, 3.8) is 0 Å². The van der Waals surface area contributed by atoms with Gasteiger partial charge in [-0.1, -0.05) is 66.4 Å². The second-order valence-corrected chi connectivity index (χ2v) is 9.98. The molecule has 1 saturated heterocycles.